The molecular formula is C31H24N4O2. The minimum atomic E-state index is -1.00. The lowest BCUT2D eigenvalue weighted by molar-refractivity contribution is -0.118. The summed E-state index contributed by atoms with van der Waals surface area (Å²) in [5, 5.41) is 12.4. The van der Waals surface area contributed by atoms with Crippen LogP contribution in [-0.4, -0.2) is 15.5 Å². The molecule has 0 aliphatic carbocycles. The molecule has 0 saturated heterocycles. The maximum Gasteiger partial charge on any atom is 0.278 e. The lowest BCUT2D eigenvalue weighted by atomic mass is 10.0. The first kappa shape index (κ1) is 23.7. The number of hydrogen-bond donors (Lipinski definition) is 1. The summed E-state index contributed by atoms with van der Waals surface area (Å²) >= 11 is 0. The fourth-order valence-corrected chi connectivity index (χ4v) is 4.56. The topological polar surface area (TPSA) is 87.8 Å². The third kappa shape index (κ3) is 4.51. The maximum atomic E-state index is 14.1. The minimum absolute atomic E-state index is 0.262. The van der Waals surface area contributed by atoms with Crippen LogP contribution in [0.2, 0.25) is 0 Å². The van der Waals surface area contributed by atoms with Gasteiger partial charge >= 0.3 is 0 Å². The molecule has 5 aromatic rings. The van der Waals surface area contributed by atoms with Gasteiger partial charge in [0, 0.05) is 11.3 Å². The van der Waals surface area contributed by atoms with E-state index in [2.05, 4.69) is 16.4 Å². The molecule has 0 radical (unpaired) electrons. The molecule has 5 rings (SSSR count). The molecule has 0 fully saturated rings. The molecule has 1 heterocycles. The Morgan fingerprint density at radius 1 is 0.865 bits per heavy atom. The first-order valence-electron chi connectivity index (χ1n) is 11.9. The van der Waals surface area contributed by atoms with Crippen molar-refractivity contribution in [2.45, 2.75) is 19.9 Å². The van der Waals surface area contributed by atoms with Gasteiger partial charge < -0.3 is 5.32 Å². The van der Waals surface area contributed by atoms with E-state index in [1.807, 2.05) is 80.6 Å². The number of para-hydroxylation sites is 3. The lowest BCUT2D eigenvalue weighted by Gasteiger charge is -2.23. The molecule has 1 N–H and O–H groups in total. The third-order valence-electron chi connectivity index (χ3n) is 6.43. The zero-order chi connectivity index (χ0) is 25.9. The highest BCUT2D eigenvalue weighted by Gasteiger charge is 2.28. The molecule has 1 aromatic heterocycles. The monoisotopic (exact) mass is 484 g/mol. The van der Waals surface area contributed by atoms with Gasteiger partial charge in [-0.15, -0.1) is 0 Å². The first-order chi connectivity index (χ1) is 18.0. The molecule has 6 nitrogen and oxygen atoms in total. The molecule has 1 amide bonds. The molecule has 180 valence electrons. The van der Waals surface area contributed by atoms with Crippen molar-refractivity contribution in [1.29, 1.82) is 5.26 Å². The zero-order valence-corrected chi connectivity index (χ0v) is 20.5. The van der Waals surface area contributed by atoms with Gasteiger partial charge in [-0.3, -0.25) is 14.2 Å². The average Bonchev–Trinajstić information content (AvgIpc) is 2.93. The lowest BCUT2D eigenvalue weighted by Crippen LogP contribution is -2.36. The quantitative estimate of drug-likeness (QED) is 0.343. The van der Waals surface area contributed by atoms with Gasteiger partial charge in [0.1, 0.15) is 11.7 Å². The number of nitrogens with zero attached hydrogens (tertiary/aromatic N) is 3. The van der Waals surface area contributed by atoms with E-state index in [-0.39, 0.29) is 17.2 Å². The summed E-state index contributed by atoms with van der Waals surface area (Å²) in [5.41, 5.74) is 5.29. The van der Waals surface area contributed by atoms with Crippen LogP contribution in [0.25, 0.3) is 22.3 Å². The van der Waals surface area contributed by atoms with Gasteiger partial charge in [-0.25, -0.2) is 4.98 Å². The number of rotatable bonds is 5. The number of nitrogens with one attached hydrogen (secondary N) is 1. The number of fused-ring (bicyclic) bond motifs is 1. The predicted octanol–water partition coefficient (Wildman–Crippen LogP) is 5.78. The normalized spacial score (nSPS) is 11.6. The summed E-state index contributed by atoms with van der Waals surface area (Å²) < 4.78 is 1.51. The Hall–Kier alpha value is -5.02. The Balaban J connectivity index is 1.77. The van der Waals surface area contributed by atoms with Crippen molar-refractivity contribution in [3.05, 3.63) is 130 Å². The second-order valence-corrected chi connectivity index (χ2v) is 8.88. The van der Waals surface area contributed by atoms with Crippen LogP contribution in [-0.2, 0) is 4.79 Å². The summed E-state index contributed by atoms with van der Waals surface area (Å²) in [4.78, 5) is 32.8. The van der Waals surface area contributed by atoms with Crippen LogP contribution in [0.5, 0.6) is 0 Å². The van der Waals surface area contributed by atoms with Crippen molar-refractivity contribution in [1.82, 2.24) is 9.55 Å². The number of carbonyl (C=O) groups excluding carboxylic acids is 1. The van der Waals surface area contributed by atoms with Crippen LogP contribution in [0.3, 0.4) is 0 Å². The average molecular weight is 485 g/mol. The molecule has 0 saturated carbocycles. The van der Waals surface area contributed by atoms with Crippen molar-refractivity contribution in [3.63, 3.8) is 0 Å². The summed E-state index contributed by atoms with van der Waals surface area (Å²) in [5.74, 6) is -0.362. The Morgan fingerprint density at radius 2 is 1.51 bits per heavy atom. The summed E-state index contributed by atoms with van der Waals surface area (Å²) in [6.07, 6.45) is 0. The maximum absolute atomic E-state index is 14.1. The van der Waals surface area contributed by atoms with Crippen LogP contribution in [0.15, 0.2) is 102 Å². The van der Waals surface area contributed by atoms with Crippen LogP contribution in [0, 0.1) is 25.2 Å². The highest BCUT2D eigenvalue weighted by Crippen LogP contribution is 2.28. The van der Waals surface area contributed by atoms with Crippen molar-refractivity contribution in [2.75, 3.05) is 5.32 Å². The summed E-state index contributed by atoms with van der Waals surface area (Å²) in [7, 11) is 0. The van der Waals surface area contributed by atoms with E-state index in [1.54, 1.807) is 30.3 Å². The van der Waals surface area contributed by atoms with Gasteiger partial charge in [-0.2, -0.15) is 5.26 Å². The van der Waals surface area contributed by atoms with E-state index in [4.69, 9.17) is 0 Å². The van der Waals surface area contributed by atoms with E-state index < -0.39 is 6.04 Å². The zero-order valence-electron chi connectivity index (χ0n) is 20.5. The molecule has 0 spiro atoms. The Labute approximate surface area is 214 Å². The second-order valence-electron chi connectivity index (χ2n) is 8.88. The predicted molar refractivity (Wildman–Crippen MR) is 145 cm³/mol. The van der Waals surface area contributed by atoms with Crippen molar-refractivity contribution in [3.8, 4) is 17.3 Å². The Kier molecular flexibility index (Phi) is 6.36. The molecule has 1 atom stereocenters. The van der Waals surface area contributed by atoms with Crippen molar-refractivity contribution < 1.29 is 4.79 Å². The Morgan fingerprint density at radius 3 is 2.19 bits per heavy atom. The van der Waals surface area contributed by atoms with Crippen LogP contribution < -0.4 is 10.9 Å². The molecular weight excluding hydrogens is 460 g/mol. The van der Waals surface area contributed by atoms with Gasteiger partial charge in [0.2, 0.25) is 0 Å². The standard InChI is InChI=1S/C31H24N4O2/c1-20-9-8-10-21(2)27(20)34-30(36)29(24-17-15-22(19-32)16-18-24)35-26-14-7-6-13-25(26)33-28(31(35)37)23-11-4-3-5-12-23/h3-18,29H,1-2H3,(H,34,36). The molecule has 6 heteroatoms. The van der Waals surface area contributed by atoms with Crippen LogP contribution in [0.4, 0.5) is 5.69 Å². The molecule has 4 aromatic carbocycles. The number of aryl methyl sites for hydroxylation is 2. The number of hydrogen-bond acceptors (Lipinski definition) is 4. The molecule has 0 aliphatic rings. The highest BCUT2D eigenvalue weighted by atomic mass is 16.2. The van der Waals surface area contributed by atoms with Gasteiger partial charge in [0.05, 0.1) is 22.7 Å². The highest BCUT2D eigenvalue weighted by molar-refractivity contribution is 5.98. The number of carbonyl (C=O) groups is 1. The van der Waals surface area contributed by atoms with Crippen LogP contribution in [0.1, 0.15) is 28.3 Å². The molecule has 37 heavy (non-hydrogen) atoms. The van der Waals surface area contributed by atoms with Crippen LogP contribution >= 0.6 is 0 Å². The summed E-state index contributed by atoms with van der Waals surface area (Å²) in [6, 6.07) is 30.2. The fourth-order valence-electron chi connectivity index (χ4n) is 4.56. The van der Waals surface area contributed by atoms with Crippen molar-refractivity contribution in [2.24, 2.45) is 0 Å². The van der Waals surface area contributed by atoms with E-state index in [0.29, 0.717) is 33.4 Å². The first-order valence-corrected chi connectivity index (χ1v) is 11.9. The molecule has 0 bridgehead atoms. The summed E-state index contributed by atoms with van der Waals surface area (Å²) in [6.45, 7) is 3.86. The van der Waals surface area contributed by atoms with E-state index in [9.17, 15) is 14.9 Å². The van der Waals surface area contributed by atoms with E-state index in [1.165, 1.54) is 4.57 Å². The molecule has 1 unspecified atom stereocenters. The van der Waals surface area contributed by atoms with Gasteiger partial charge in [0.15, 0.2) is 0 Å². The number of nitriles is 1. The SMILES string of the molecule is Cc1cccc(C)c1NC(=O)C(c1ccc(C#N)cc1)n1c(=O)c(-c2ccccc2)nc2ccccc21. The van der Waals surface area contributed by atoms with E-state index in [0.717, 1.165) is 11.1 Å². The molecule has 0 aliphatic heterocycles. The number of anilines is 1. The number of benzene rings is 4. The largest absolute Gasteiger partial charge is 0.323 e. The van der Waals surface area contributed by atoms with Gasteiger partial charge in [0.25, 0.3) is 11.5 Å². The van der Waals surface area contributed by atoms with Gasteiger partial charge in [-0.05, 0) is 54.8 Å². The third-order valence-corrected chi connectivity index (χ3v) is 6.43. The van der Waals surface area contributed by atoms with Gasteiger partial charge in [-0.1, -0.05) is 72.8 Å². The Bertz CT molecular complexity index is 1700. The van der Waals surface area contributed by atoms with Crippen molar-refractivity contribution >= 4 is 22.6 Å². The fraction of sp³-hybridized carbons (Fsp3) is 0.0968. The number of aromatic nitrogens is 2. The smallest absolute Gasteiger partial charge is 0.278 e. The van der Waals surface area contributed by atoms with E-state index >= 15 is 0 Å². The second kappa shape index (κ2) is 9.92. The minimum Gasteiger partial charge on any atom is -0.323 e. The number of amides is 1.